The second kappa shape index (κ2) is 3.98. The van der Waals surface area contributed by atoms with Crippen LogP contribution in [0.4, 0.5) is 0 Å². The lowest BCUT2D eigenvalue weighted by Crippen LogP contribution is -2.40. The molecule has 1 fully saturated rings. The van der Waals surface area contributed by atoms with Gasteiger partial charge in [0.15, 0.2) is 0 Å². The minimum Gasteiger partial charge on any atom is -0.481 e. The number of carbonyl (C=O) groups is 2. The van der Waals surface area contributed by atoms with Gasteiger partial charge in [0.1, 0.15) is 5.78 Å². The molecule has 2 rings (SSSR count). The van der Waals surface area contributed by atoms with Gasteiger partial charge in [-0.15, -0.1) is 0 Å². The molecule has 1 saturated carbocycles. The lowest BCUT2D eigenvalue weighted by Gasteiger charge is -2.32. The number of aryl methyl sites for hydroxylation is 1. The van der Waals surface area contributed by atoms with Gasteiger partial charge in [-0.1, -0.05) is 0 Å². The van der Waals surface area contributed by atoms with Crippen LogP contribution in [0.15, 0.2) is 6.20 Å². The summed E-state index contributed by atoms with van der Waals surface area (Å²) in [5, 5.41) is 13.6. The van der Waals surface area contributed by atoms with E-state index < -0.39 is 11.4 Å². The van der Waals surface area contributed by atoms with Crippen molar-refractivity contribution in [3.8, 4) is 0 Å². The first kappa shape index (κ1) is 11.8. The third kappa shape index (κ3) is 1.75. The van der Waals surface area contributed by atoms with Crippen molar-refractivity contribution in [2.45, 2.75) is 38.0 Å². The van der Waals surface area contributed by atoms with Gasteiger partial charge in [0.25, 0.3) is 0 Å². The van der Waals surface area contributed by atoms with Crippen LogP contribution in [0.2, 0.25) is 0 Å². The lowest BCUT2D eigenvalue weighted by atomic mass is 9.69. The molecular weight excluding hydrogens is 220 g/mol. The van der Waals surface area contributed by atoms with Crippen LogP contribution < -0.4 is 0 Å². The molecule has 1 aliphatic carbocycles. The van der Waals surface area contributed by atoms with Crippen molar-refractivity contribution in [3.05, 3.63) is 17.5 Å². The molecule has 0 aromatic carbocycles. The summed E-state index contributed by atoms with van der Waals surface area (Å²) in [5.41, 5.74) is 0.688. The van der Waals surface area contributed by atoms with E-state index in [9.17, 15) is 14.7 Å². The highest BCUT2D eigenvalue weighted by Crippen LogP contribution is 2.39. The van der Waals surface area contributed by atoms with E-state index in [1.165, 1.54) is 0 Å². The number of Topliss-reactive ketones (excluding diaryl/α,β-unsaturated/α-hetero) is 1. The third-order valence-corrected chi connectivity index (χ3v) is 3.82. The maximum atomic E-state index is 11.6. The smallest absolute Gasteiger partial charge is 0.314 e. The molecule has 17 heavy (non-hydrogen) atoms. The topological polar surface area (TPSA) is 72.2 Å². The minimum absolute atomic E-state index is 0.156. The summed E-state index contributed by atoms with van der Waals surface area (Å²) in [6.07, 6.45) is 3.09. The standard InChI is InChI=1S/C12H16N2O3/c1-8-10(7-13-14(8)2)12(11(16)17)5-3-9(15)4-6-12/h7H,3-6H2,1-2H3,(H,16,17). The second-order valence-corrected chi connectivity index (χ2v) is 4.69. The largest absolute Gasteiger partial charge is 0.481 e. The molecule has 0 amide bonds. The van der Waals surface area contributed by atoms with Crippen molar-refractivity contribution in [2.24, 2.45) is 7.05 Å². The molecule has 1 aromatic heterocycles. The molecule has 0 radical (unpaired) electrons. The van der Waals surface area contributed by atoms with Crippen LogP contribution in [-0.2, 0) is 22.1 Å². The van der Waals surface area contributed by atoms with Gasteiger partial charge in [-0.3, -0.25) is 14.3 Å². The highest BCUT2D eigenvalue weighted by atomic mass is 16.4. The van der Waals surface area contributed by atoms with Crippen LogP contribution in [0.25, 0.3) is 0 Å². The number of hydrogen-bond acceptors (Lipinski definition) is 3. The predicted molar refractivity (Wildman–Crippen MR) is 60.7 cm³/mol. The highest BCUT2D eigenvalue weighted by molar-refractivity contribution is 5.87. The quantitative estimate of drug-likeness (QED) is 0.837. The Kier molecular flexibility index (Phi) is 2.77. The van der Waals surface area contributed by atoms with Gasteiger partial charge < -0.3 is 5.11 Å². The molecule has 5 nitrogen and oxygen atoms in total. The molecule has 92 valence electrons. The summed E-state index contributed by atoms with van der Waals surface area (Å²) in [4.78, 5) is 22.9. The minimum atomic E-state index is -0.924. The fourth-order valence-electron chi connectivity index (χ4n) is 2.52. The van der Waals surface area contributed by atoms with Crippen LogP contribution in [0.3, 0.4) is 0 Å². The zero-order valence-corrected chi connectivity index (χ0v) is 10.1. The number of aromatic nitrogens is 2. The summed E-state index contributed by atoms with van der Waals surface area (Å²) < 4.78 is 1.68. The van der Waals surface area contributed by atoms with Crippen molar-refractivity contribution in [1.29, 1.82) is 0 Å². The number of rotatable bonds is 2. The Morgan fingerprint density at radius 3 is 2.47 bits per heavy atom. The van der Waals surface area contributed by atoms with Crippen LogP contribution in [-0.4, -0.2) is 26.6 Å². The molecule has 1 heterocycles. The van der Waals surface area contributed by atoms with Gasteiger partial charge >= 0.3 is 5.97 Å². The Balaban J connectivity index is 2.45. The number of carboxylic acid groups (broad SMARTS) is 1. The van der Waals surface area contributed by atoms with Crippen LogP contribution in [0.1, 0.15) is 36.9 Å². The normalized spacial score (nSPS) is 19.3. The molecule has 0 bridgehead atoms. The zero-order chi connectivity index (χ0) is 12.6. The van der Waals surface area contributed by atoms with E-state index in [0.29, 0.717) is 25.7 Å². The van der Waals surface area contributed by atoms with E-state index in [1.54, 1.807) is 17.9 Å². The summed E-state index contributed by atoms with van der Waals surface area (Å²) in [5.74, 6) is -0.690. The zero-order valence-electron chi connectivity index (χ0n) is 10.1. The van der Waals surface area contributed by atoms with E-state index >= 15 is 0 Å². The van der Waals surface area contributed by atoms with Crippen LogP contribution >= 0.6 is 0 Å². The molecule has 0 unspecified atom stereocenters. The number of carboxylic acids is 1. The molecule has 1 aromatic rings. The summed E-state index contributed by atoms with van der Waals surface area (Å²) in [6, 6.07) is 0. The van der Waals surface area contributed by atoms with Crippen molar-refractivity contribution >= 4 is 11.8 Å². The first-order valence-electron chi connectivity index (χ1n) is 5.71. The van der Waals surface area contributed by atoms with Crippen LogP contribution in [0, 0.1) is 6.92 Å². The number of ketones is 1. The average molecular weight is 236 g/mol. The Morgan fingerprint density at radius 1 is 1.47 bits per heavy atom. The Hall–Kier alpha value is -1.65. The van der Waals surface area contributed by atoms with Crippen molar-refractivity contribution in [1.82, 2.24) is 9.78 Å². The molecule has 0 aliphatic heterocycles. The van der Waals surface area contributed by atoms with Gasteiger partial charge in [-0.25, -0.2) is 0 Å². The average Bonchev–Trinajstić information content (AvgIpc) is 2.62. The van der Waals surface area contributed by atoms with Crippen LogP contribution in [0.5, 0.6) is 0 Å². The first-order chi connectivity index (χ1) is 7.97. The van der Waals surface area contributed by atoms with E-state index in [1.807, 2.05) is 6.92 Å². The fraction of sp³-hybridized carbons (Fsp3) is 0.583. The van der Waals surface area contributed by atoms with Gasteiger partial charge in [-0.05, 0) is 19.8 Å². The highest BCUT2D eigenvalue weighted by Gasteiger charge is 2.45. The molecule has 1 N–H and O–H groups in total. The van der Waals surface area contributed by atoms with E-state index in [4.69, 9.17) is 0 Å². The maximum Gasteiger partial charge on any atom is 0.314 e. The van der Waals surface area contributed by atoms with Gasteiger partial charge in [0, 0.05) is 31.1 Å². The summed E-state index contributed by atoms with van der Waals surface area (Å²) in [7, 11) is 1.79. The SMILES string of the molecule is Cc1c(C2(C(=O)O)CCC(=O)CC2)cnn1C. The Morgan fingerprint density at radius 2 is 2.06 bits per heavy atom. The van der Waals surface area contributed by atoms with Crippen molar-refractivity contribution in [3.63, 3.8) is 0 Å². The van der Waals surface area contributed by atoms with Crippen molar-refractivity contribution < 1.29 is 14.7 Å². The molecule has 5 heteroatoms. The molecule has 0 atom stereocenters. The Bertz CT molecular complexity index is 466. The Labute approximate surface area is 99.4 Å². The third-order valence-electron chi connectivity index (χ3n) is 3.82. The summed E-state index contributed by atoms with van der Waals surface area (Å²) >= 11 is 0. The lowest BCUT2D eigenvalue weighted by molar-refractivity contribution is -0.146. The molecule has 0 saturated heterocycles. The van der Waals surface area contributed by atoms with Gasteiger partial charge in [0.05, 0.1) is 11.6 Å². The number of carbonyl (C=O) groups excluding carboxylic acids is 1. The molecule has 1 aliphatic rings. The van der Waals surface area contributed by atoms with Gasteiger partial charge in [-0.2, -0.15) is 5.10 Å². The number of nitrogens with zero attached hydrogens (tertiary/aromatic N) is 2. The molecule has 0 spiro atoms. The van der Waals surface area contributed by atoms with Gasteiger partial charge in [0.2, 0.25) is 0 Å². The van der Waals surface area contributed by atoms with E-state index in [-0.39, 0.29) is 5.78 Å². The summed E-state index contributed by atoms with van der Waals surface area (Å²) in [6.45, 7) is 1.86. The van der Waals surface area contributed by atoms with E-state index in [2.05, 4.69) is 5.10 Å². The number of aliphatic carboxylic acids is 1. The maximum absolute atomic E-state index is 11.6. The second-order valence-electron chi connectivity index (χ2n) is 4.69. The van der Waals surface area contributed by atoms with Crippen molar-refractivity contribution in [2.75, 3.05) is 0 Å². The first-order valence-corrected chi connectivity index (χ1v) is 5.71. The molecular formula is C12H16N2O3. The van der Waals surface area contributed by atoms with E-state index in [0.717, 1.165) is 11.3 Å². The fourth-order valence-corrected chi connectivity index (χ4v) is 2.52. The predicted octanol–water partition coefficient (Wildman–Crippen LogP) is 1.19. The monoisotopic (exact) mass is 236 g/mol. The number of hydrogen-bond donors (Lipinski definition) is 1.